The van der Waals surface area contributed by atoms with Crippen molar-refractivity contribution in [3.63, 3.8) is 0 Å². The summed E-state index contributed by atoms with van der Waals surface area (Å²) in [7, 11) is 0. The summed E-state index contributed by atoms with van der Waals surface area (Å²) in [5.74, 6) is 0.439. The van der Waals surface area contributed by atoms with Crippen molar-refractivity contribution in [2.45, 2.75) is 13.8 Å². The van der Waals surface area contributed by atoms with Crippen molar-refractivity contribution in [3.05, 3.63) is 95.9 Å². The molecule has 0 aliphatic rings. The summed E-state index contributed by atoms with van der Waals surface area (Å²) < 4.78 is 11.7. The molecule has 0 radical (unpaired) electrons. The maximum Gasteiger partial charge on any atom is 0.248 e. The van der Waals surface area contributed by atoms with Crippen molar-refractivity contribution in [3.8, 4) is 16.9 Å². The Bertz CT molecular complexity index is 1570. The Balaban J connectivity index is 1.49. The van der Waals surface area contributed by atoms with Gasteiger partial charge >= 0.3 is 0 Å². The predicted octanol–water partition coefficient (Wildman–Crippen LogP) is 7.74. The summed E-state index contributed by atoms with van der Waals surface area (Å²) in [4.78, 5) is 17.2. The molecular weight excluding hydrogens is 460 g/mol. The molecule has 0 fully saturated rings. The van der Waals surface area contributed by atoms with Crippen LogP contribution in [-0.2, 0) is 4.79 Å². The summed E-state index contributed by atoms with van der Waals surface area (Å²) in [6.07, 6.45) is 5.06. The standard InChI is InChI=1S/C29H23ClN2O3/c1-3-34-27-16-28-24(25(17-35-28)19-6-8-21(30)9-7-19)15-23(27)18(2)13-29(33)32-22-10-11-26-20(14-22)5-4-12-31-26/h4-17H,3H2,1-2H3,(H,32,33)/b18-13+. The Labute approximate surface area is 208 Å². The molecule has 174 valence electrons. The van der Waals surface area contributed by atoms with Crippen LogP contribution in [0.5, 0.6) is 5.75 Å². The number of fused-ring (bicyclic) bond motifs is 2. The van der Waals surface area contributed by atoms with E-state index in [1.54, 1.807) is 18.5 Å². The average Bonchev–Trinajstić information content (AvgIpc) is 3.27. The van der Waals surface area contributed by atoms with E-state index in [-0.39, 0.29) is 5.91 Å². The Morgan fingerprint density at radius 2 is 1.94 bits per heavy atom. The first-order valence-electron chi connectivity index (χ1n) is 11.3. The van der Waals surface area contributed by atoms with Gasteiger partial charge in [-0.25, -0.2) is 0 Å². The molecule has 0 unspecified atom stereocenters. The van der Waals surface area contributed by atoms with Crippen LogP contribution in [0.4, 0.5) is 5.69 Å². The number of pyridine rings is 1. The molecule has 5 rings (SSSR count). The summed E-state index contributed by atoms with van der Waals surface area (Å²) in [6.45, 7) is 4.32. The Morgan fingerprint density at radius 1 is 1.11 bits per heavy atom. The van der Waals surface area contributed by atoms with Gasteiger partial charge < -0.3 is 14.5 Å². The normalized spacial score (nSPS) is 11.7. The van der Waals surface area contributed by atoms with Gasteiger partial charge in [0.05, 0.1) is 18.4 Å². The smallest absolute Gasteiger partial charge is 0.248 e. The Kier molecular flexibility index (Phi) is 6.25. The van der Waals surface area contributed by atoms with Crippen LogP contribution < -0.4 is 10.1 Å². The van der Waals surface area contributed by atoms with Crippen molar-refractivity contribution in [1.82, 2.24) is 4.98 Å². The van der Waals surface area contributed by atoms with E-state index in [2.05, 4.69) is 10.3 Å². The van der Waals surface area contributed by atoms with Gasteiger partial charge in [-0.15, -0.1) is 0 Å². The average molecular weight is 483 g/mol. The molecule has 0 aliphatic heterocycles. The molecule has 0 atom stereocenters. The number of halogens is 1. The number of rotatable bonds is 6. The second-order valence-electron chi connectivity index (χ2n) is 8.16. The number of allylic oxidation sites excluding steroid dienone is 1. The molecule has 1 amide bonds. The van der Waals surface area contributed by atoms with E-state index in [9.17, 15) is 4.79 Å². The van der Waals surface area contributed by atoms with Crippen LogP contribution in [0.2, 0.25) is 5.02 Å². The minimum absolute atomic E-state index is 0.224. The number of aromatic nitrogens is 1. The zero-order chi connectivity index (χ0) is 24.4. The number of hydrogen-bond donors (Lipinski definition) is 1. The second kappa shape index (κ2) is 9.65. The maximum atomic E-state index is 12.9. The summed E-state index contributed by atoms with van der Waals surface area (Å²) >= 11 is 6.06. The van der Waals surface area contributed by atoms with Crippen molar-refractivity contribution in [1.29, 1.82) is 0 Å². The Morgan fingerprint density at radius 3 is 2.74 bits per heavy atom. The molecule has 6 heteroatoms. The van der Waals surface area contributed by atoms with E-state index in [0.717, 1.165) is 38.6 Å². The number of benzene rings is 3. The minimum atomic E-state index is -0.224. The monoisotopic (exact) mass is 482 g/mol. The molecule has 3 aromatic carbocycles. The van der Waals surface area contributed by atoms with Crippen LogP contribution in [0.1, 0.15) is 19.4 Å². The van der Waals surface area contributed by atoms with Gasteiger partial charge in [-0.2, -0.15) is 0 Å². The molecule has 5 aromatic rings. The number of nitrogens with one attached hydrogen (secondary N) is 1. The van der Waals surface area contributed by atoms with E-state index in [1.165, 1.54) is 0 Å². The lowest BCUT2D eigenvalue weighted by Gasteiger charge is -2.12. The molecule has 0 saturated heterocycles. The molecule has 35 heavy (non-hydrogen) atoms. The number of ether oxygens (including phenoxy) is 1. The first-order chi connectivity index (χ1) is 17.0. The van der Waals surface area contributed by atoms with E-state index >= 15 is 0 Å². The first-order valence-corrected chi connectivity index (χ1v) is 11.7. The van der Waals surface area contributed by atoms with Gasteiger partial charge in [-0.1, -0.05) is 29.8 Å². The van der Waals surface area contributed by atoms with Crippen LogP contribution in [0, 0.1) is 0 Å². The third-order valence-electron chi connectivity index (χ3n) is 5.77. The second-order valence-corrected chi connectivity index (χ2v) is 8.60. The predicted molar refractivity (Wildman–Crippen MR) is 142 cm³/mol. The number of nitrogens with zero attached hydrogens (tertiary/aromatic N) is 1. The molecule has 0 spiro atoms. The highest BCUT2D eigenvalue weighted by Crippen LogP contribution is 2.37. The number of amides is 1. The Hall–Kier alpha value is -4.09. The lowest BCUT2D eigenvalue weighted by molar-refractivity contribution is -0.111. The summed E-state index contributed by atoms with van der Waals surface area (Å²) in [5.41, 5.74) is 5.84. The van der Waals surface area contributed by atoms with Crippen molar-refractivity contribution in [2.24, 2.45) is 0 Å². The fraction of sp³-hybridized carbons (Fsp3) is 0.103. The number of anilines is 1. The highest BCUT2D eigenvalue weighted by atomic mass is 35.5. The quantitative estimate of drug-likeness (QED) is 0.251. The van der Waals surface area contributed by atoms with E-state index in [4.69, 9.17) is 20.8 Å². The molecule has 0 saturated carbocycles. The van der Waals surface area contributed by atoms with Gasteiger partial charge in [0.15, 0.2) is 0 Å². The largest absolute Gasteiger partial charge is 0.493 e. The molecule has 2 aromatic heterocycles. The lowest BCUT2D eigenvalue weighted by atomic mass is 9.99. The number of furan rings is 1. The third-order valence-corrected chi connectivity index (χ3v) is 6.03. The van der Waals surface area contributed by atoms with Crippen molar-refractivity contribution in [2.75, 3.05) is 11.9 Å². The van der Waals surface area contributed by atoms with E-state index < -0.39 is 0 Å². The van der Waals surface area contributed by atoms with Gasteiger partial charge in [0.1, 0.15) is 11.3 Å². The first kappa shape index (κ1) is 22.7. The highest BCUT2D eigenvalue weighted by molar-refractivity contribution is 6.30. The van der Waals surface area contributed by atoms with Gasteiger partial charge in [-0.05, 0) is 67.4 Å². The number of hydrogen-bond acceptors (Lipinski definition) is 4. The molecular formula is C29H23ClN2O3. The van der Waals surface area contributed by atoms with Gasteiger partial charge in [-0.3, -0.25) is 9.78 Å². The molecule has 1 N–H and O–H groups in total. The van der Waals surface area contributed by atoms with Crippen LogP contribution in [-0.4, -0.2) is 17.5 Å². The molecule has 0 aliphatic carbocycles. The molecule has 2 heterocycles. The minimum Gasteiger partial charge on any atom is -0.493 e. The van der Waals surface area contributed by atoms with Gasteiger partial charge in [0.2, 0.25) is 5.91 Å². The number of carbonyl (C=O) groups excluding carboxylic acids is 1. The maximum absolute atomic E-state index is 12.9. The van der Waals surface area contributed by atoms with E-state index in [0.29, 0.717) is 28.6 Å². The van der Waals surface area contributed by atoms with Crippen LogP contribution in [0.15, 0.2) is 89.7 Å². The zero-order valence-corrected chi connectivity index (χ0v) is 20.1. The zero-order valence-electron chi connectivity index (χ0n) is 19.3. The van der Waals surface area contributed by atoms with Crippen LogP contribution in [0.25, 0.3) is 38.6 Å². The highest BCUT2D eigenvalue weighted by Gasteiger charge is 2.15. The fourth-order valence-electron chi connectivity index (χ4n) is 4.10. The van der Waals surface area contributed by atoms with Crippen molar-refractivity contribution >= 4 is 50.6 Å². The SMILES string of the molecule is CCOc1cc2occ(-c3ccc(Cl)cc3)c2cc1/C(C)=C/C(=O)Nc1ccc2ncccc2c1. The summed E-state index contributed by atoms with van der Waals surface area (Å²) in [6, 6.07) is 21.0. The third kappa shape index (κ3) is 4.77. The van der Waals surface area contributed by atoms with E-state index in [1.807, 2.05) is 80.6 Å². The fourth-order valence-corrected chi connectivity index (χ4v) is 4.22. The lowest BCUT2D eigenvalue weighted by Crippen LogP contribution is -2.08. The molecule has 0 bridgehead atoms. The molecule has 5 nitrogen and oxygen atoms in total. The van der Waals surface area contributed by atoms with Crippen LogP contribution in [0.3, 0.4) is 0 Å². The van der Waals surface area contributed by atoms with Crippen molar-refractivity contribution < 1.29 is 13.9 Å². The van der Waals surface area contributed by atoms with Crippen LogP contribution >= 0.6 is 11.6 Å². The summed E-state index contributed by atoms with van der Waals surface area (Å²) in [5, 5.41) is 5.51. The number of carbonyl (C=O) groups is 1. The van der Waals surface area contributed by atoms with Gasteiger partial charge in [0, 0.05) is 50.9 Å². The topological polar surface area (TPSA) is 64.4 Å². The van der Waals surface area contributed by atoms with Gasteiger partial charge in [0.25, 0.3) is 0 Å².